The van der Waals surface area contributed by atoms with Gasteiger partial charge in [0.05, 0.1) is 7.11 Å². The van der Waals surface area contributed by atoms with E-state index >= 15 is 0 Å². The van der Waals surface area contributed by atoms with Gasteiger partial charge >= 0.3 is 5.97 Å². The number of aliphatic carboxylic acids is 1. The van der Waals surface area contributed by atoms with Crippen molar-refractivity contribution in [3.8, 4) is 23.3 Å². The van der Waals surface area contributed by atoms with Crippen LogP contribution >= 0.6 is 0 Å². The third kappa shape index (κ3) is 6.87. The van der Waals surface area contributed by atoms with Crippen LogP contribution in [0.5, 0.6) is 17.2 Å². The fourth-order valence-corrected chi connectivity index (χ4v) is 2.92. The molecule has 0 fully saturated rings. The SMILES string of the molecule is COc1cc(/C=C(\C#N)C(=O)Nc2ccc(OCc3ccccc3)cc2)ccc1OCC(=O)O. The molecular weight excluding hydrogens is 436 g/mol. The Balaban J connectivity index is 1.65. The Bertz CT molecular complexity index is 1210. The number of carbonyl (C=O) groups excluding carboxylic acids is 1. The molecule has 8 nitrogen and oxygen atoms in total. The van der Waals surface area contributed by atoms with Crippen LogP contribution in [-0.2, 0) is 16.2 Å². The van der Waals surface area contributed by atoms with Gasteiger partial charge in [-0.3, -0.25) is 4.79 Å². The summed E-state index contributed by atoms with van der Waals surface area (Å²) in [5.41, 5.74) is 1.94. The first-order valence-electron chi connectivity index (χ1n) is 10.2. The minimum atomic E-state index is -1.12. The largest absolute Gasteiger partial charge is 0.493 e. The van der Waals surface area contributed by atoms with Gasteiger partial charge in [-0.15, -0.1) is 0 Å². The van der Waals surface area contributed by atoms with Crippen molar-refractivity contribution in [1.29, 1.82) is 5.26 Å². The Kier molecular flexibility index (Phi) is 8.25. The summed E-state index contributed by atoms with van der Waals surface area (Å²) in [6.07, 6.45) is 1.40. The minimum Gasteiger partial charge on any atom is -0.493 e. The van der Waals surface area contributed by atoms with Crippen molar-refractivity contribution in [3.05, 3.63) is 89.5 Å². The zero-order valence-corrected chi connectivity index (χ0v) is 18.4. The van der Waals surface area contributed by atoms with Crippen LogP contribution in [-0.4, -0.2) is 30.7 Å². The highest BCUT2D eigenvalue weighted by Crippen LogP contribution is 2.29. The molecular formula is C26H22N2O6. The first-order valence-corrected chi connectivity index (χ1v) is 10.2. The van der Waals surface area contributed by atoms with Crippen molar-refractivity contribution in [1.82, 2.24) is 0 Å². The average molecular weight is 458 g/mol. The van der Waals surface area contributed by atoms with Crippen LogP contribution in [0.2, 0.25) is 0 Å². The van der Waals surface area contributed by atoms with Gasteiger partial charge < -0.3 is 24.6 Å². The van der Waals surface area contributed by atoms with Crippen molar-refractivity contribution < 1.29 is 28.9 Å². The first kappa shape index (κ1) is 23.9. The number of hydrogen-bond acceptors (Lipinski definition) is 6. The third-order valence-corrected chi connectivity index (χ3v) is 4.58. The second-order valence-corrected chi connectivity index (χ2v) is 7.02. The normalized spacial score (nSPS) is 10.6. The van der Waals surface area contributed by atoms with Crippen LogP contribution in [0.25, 0.3) is 6.08 Å². The lowest BCUT2D eigenvalue weighted by molar-refractivity contribution is -0.139. The summed E-state index contributed by atoms with van der Waals surface area (Å²) in [5, 5.41) is 20.9. The smallest absolute Gasteiger partial charge is 0.341 e. The summed E-state index contributed by atoms with van der Waals surface area (Å²) in [4.78, 5) is 23.3. The molecule has 0 atom stereocenters. The standard InChI is InChI=1S/C26H22N2O6/c1-32-24-14-19(7-12-23(24)34-17-25(29)30)13-20(15-27)26(31)28-21-8-10-22(11-9-21)33-16-18-5-3-2-4-6-18/h2-14H,16-17H2,1H3,(H,28,31)(H,29,30)/b20-13+. The second kappa shape index (κ2) is 11.7. The lowest BCUT2D eigenvalue weighted by atomic mass is 10.1. The summed E-state index contributed by atoms with van der Waals surface area (Å²) < 4.78 is 16.1. The number of nitrogens with zero attached hydrogens (tertiary/aromatic N) is 1. The van der Waals surface area contributed by atoms with E-state index in [9.17, 15) is 14.9 Å². The molecule has 3 aromatic carbocycles. The van der Waals surface area contributed by atoms with E-state index in [0.717, 1.165) is 5.56 Å². The van der Waals surface area contributed by atoms with E-state index in [1.807, 2.05) is 36.4 Å². The molecule has 3 rings (SSSR count). The number of anilines is 1. The molecule has 0 unspecified atom stereocenters. The number of carboxylic acids is 1. The first-order chi connectivity index (χ1) is 16.5. The van der Waals surface area contributed by atoms with Crippen molar-refractivity contribution in [2.75, 3.05) is 19.0 Å². The molecule has 2 N–H and O–H groups in total. The van der Waals surface area contributed by atoms with E-state index in [-0.39, 0.29) is 17.1 Å². The molecule has 0 aromatic heterocycles. The van der Waals surface area contributed by atoms with E-state index in [1.165, 1.54) is 19.3 Å². The van der Waals surface area contributed by atoms with Crippen molar-refractivity contribution >= 4 is 23.6 Å². The predicted octanol–water partition coefficient (Wildman–Crippen LogP) is 4.28. The highest BCUT2D eigenvalue weighted by atomic mass is 16.5. The highest BCUT2D eigenvalue weighted by Gasteiger charge is 2.12. The van der Waals surface area contributed by atoms with E-state index in [4.69, 9.17) is 19.3 Å². The number of benzene rings is 3. The number of methoxy groups -OCH3 is 1. The van der Waals surface area contributed by atoms with E-state index in [2.05, 4.69) is 5.32 Å². The number of hydrogen-bond donors (Lipinski definition) is 2. The summed E-state index contributed by atoms with van der Waals surface area (Å²) >= 11 is 0. The molecule has 0 aliphatic heterocycles. The van der Waals surface area contributed by atoms with Crippen molar-refractivity contribution in [3.63, 3.8) is 0 Å². The topological polar surface area (TPSA) is 118 Å². The van der Waals surface area contributed by atoms with E-state index in [1.54, 1.807) is 36.4 Å². The Morgan fingerprint density at radius 2 is 1.74 bits per heavy atom. The van der Waals surface area contributed by atoms with Gasteiger partial charge in [0.15, 0.2) is 18.1 Å². The molecule has 0 spiro atoms. The monoisotopic (exact) mass is 458 g/mol. The van der Waals surface area contributed by atoms with Crippen LogP contribution in [0.1, 0.15) is 11.1 Å². The van der Waals surface area contributed by atoms with Gasteiger partial charge in [-0.2, -0.15) is 5.26 Å². The quantitative estimate of drug-likeness (QED) is 0.344. The fraction of sp³-hybridized carbons (Fsp3) is 0.115. The molecule has 172 valence electrons. The van der Waals surface area contributed by atoms with Gasteiger partial charge in [-0.05, 0) is 53.6 Å². The van der Waals surface area contributed by atoms with Crippen molar-refractivity contribution in [2.24, 2.45) is 0 Å². The lowest BCUT2D eigenvalue weighted by Crippen LogP contribution is -2.13. The predicted molar refractivity (Wildman–Crippen MR) is 126 cm³/mol. The van der Waals surface area contributed by atoms with Crippen molar-refractivity contribution in [2.45, 2.75) is 6.61 Å². The molecule has 0 aliphatic carbocycles. The fourth-order valence-electron chi connectivity index (χ4n) is 2.92. The van der Waals surface area contributed by atoms with Crippen LogP contribution in [0, 0.1) is 11.3 Å². The number of amides is 1. The molecule has 34 heavy (non-hydrogen) atoms. The molecule has 0 heterocycles. The minimum absolute atomic E-state index is 0.120. The molecule has 0 aliphatic rings. The second-order valence-electron chi connectivity index (χ2n) is 7.02. The molecule has 1 amide bonds. The zero-order chi connectivity index (χ0) is 24.3. The summed E-state index contributed by atoms with van der Waals surface area (Å²) in [6.45, 7) is -0.0923. The maximum absolute atomic E-state index is 12.6. The number of nitriles is 1. The number of rotatable bonds is 10. The Labute approximate surface area is 196 Å². The van der Waals surface area contributed by atoms with Crippen LogP contribution in [0.15, 0.2) is 78.4 Å². The summed E-state index contributed by atoms with van der Waals surface area (Å²) in [7, 11) is 1.40. The van der Waals surface area contributed by atoms with Gasteiger partial charge in [0, 0.05) is 5.69 Å². The molecule has 0 bridgehead atoms. The Morgan fingerprint density at radius 3 is 2.38 bits per heavy atom. The molecule has 0 saturated heterocycles. The van der Waals surface area contributed by atoms with Crippen LogP contribution in [0.4, 0.5) is 5.69 Å². The van der Waals surface area contributed by atoms with Gasteiger partial charge in [-0.25, -0.2) is 4.79 Å². The van der Waals surface area contributed by atoms with E-state index < -0.39 is 18.5 Å². The number of carbonyl (C=O) groups is 2. The van der Waals surface area contributed by atoms with Crippen LogP contribution in [0.3, 0.4) is 0 Å². The molecule has 8 heteroatoms. The summed E-state index contributed by atoms with van der Waals surface area (Å²) in [6, 6.07) is 23.1. The van der Waals surface area contributed by atoms with Gasteiger partial charge in [0.25, 0.3) is 5.91 Å². The van der Waals surface area contributed by atoms with Gasteiger partial charge in [0.2, 0.25) is 0 Å². The number of carboxylic acid groups (broad SMARTS) is 1. The van der Waals surface area contributed by atoms with Gasteiger partial charge in [0.1, 0.15) is 24.0 Å². The summed E-state index contributed by atoms with van der Waals surface area (Å²) in [5.74, 6) is -0.538. The third-order valence-electron chi connectivity index (χ3n) is 4.58. The maximum Gasteiger partial charge on any atom is 0.341 e. The zero-order valence-electron chi connectivity index (χ0n) is 18.4. The Morgan fingerprint density at radius 1 is 1.00 bits per heavy atom. The number of ether oxygens (including phenoxy) is 3. The maximum atomic E-state index is 12.6. The Hall–Kier alpha value is -4.77. The van der Waals surface area contributed by atoms with Crippen LogP contribution < -0.4 is 19.5 Å². The number of nitrogens with one attached hydrogen (secondary N) is 1. The highest BCUT2D eigenvalue weighted by molar-refractivity contribution is 6.09. The van der Waals surface area contributed by atoms with E-state index in [0.29, 0.717) is 23.6 Å². The average Bonchev–Trinajstić information content (AvgIpc) is 2.86. The lowest BCUT2D eigenvalue weighted by Gasteiger charge is -2.10. The molecule has 0 radical (unpaired) electrons. The molecule has 0 saturated carbocycles. The molecule has 3 aromatic rings. The van der Waals surface area contributed by atoms with Gasteiger partial charge in [-0.1, -0.05) is 36.4 Å².